The minimum atomic E-state index is -0.546. The Hall–Kier alpha value is -2.88. The molecular weight excluding hydrogens is 310 g/mol. The number of esters is 1. The van der Waals surface area contributed by atoms with E-state index >= 15 is 0 Å². The molecule has 1 aliphatic heterocycles. The van der Waals surface area contributed by atoms with Crippen LogP contribution in [0, 0.1) is 21.4 Å². The van der Waals surface area contributed by atoms with E-state index in [-0.39, 0.29) is 17.7 Å². The van der Waals surface area contributed by atoms with Gasteiger partial charge in [0, 0.05) is 25.2 Å². The number of hydrogen-bond donors (Lipinski definition) is 0. The second-order valence-electron chi connectivity index (χ2n) is 5.51. The number of hydrogen-bond acceptors (Lipinski definition) is 6. The van der Waals surface area contributed by atoms with Gasteiger partial charge in [0.1, 0.15) is 0 Å². The molecule has 2 rings (SSSR count). The van der Waals surface area contributed by atoms with Crippen molar-refractivity contribution < 1.29 is 14.5 Å². The van der Waals surface area contributed by atoms with Gasteiger partial charge in [-0.3, -0.25) is 10.1 Å². The van der Waals surface area contributed by atoms with Crippen LogP contribution in [0.2, 0.25) is 0 Å². The summed E-state index contributed by atoms with van der Waals surface area (Å²) >= 11 is 0. The minimum absolute atomic E-state index is 0.0170. The largest absolute Gasteiger partial charge is 0.466 e. The Morgan fingerprint density at radius 2 is 1.92 bits per heavy atom. The Balaban J connectivity index is 2.54. The first-order chi connectivity index (χ1) is 11.6. The summed E-state index contributed by atoms with van der Waals surface area (Å²) in [6.45, 7) is 1.55. The Morgan fingerprint density at radius 1 is 1.29 bits per heavy atom. The zero-order chi connectivity index (χ0) is 17.5. The number of methoxy groups -OCH3 is 1. The summed E-state index contributed by atoms with van der Waals surface area (Å²) in [7, 11) is 1.28. The lowest BCUT2D eigenvalue weighted by Crippen LogP contribution is -2.30. The lowest BCUT2D eigenvalue weighted by atomic mass is 10.00. The number of rotatable bonds is 5. The Kier molecular flexibility index (Phi) is 5.90. The minimum Gasteiger partial charge on any atom is -0.466 e. The highest BCUT2D eigenvalue weighted by atomic mass is 16.6. The molecule has 7 heteroatoms. The highest BCUT2D eigenvalue weighted by Gasteiger charge is 2.24. The molecule has 1 saturated heterocycles. The molecule has 0 aromatic heterocycles. The van der Waals surface area contributed by atoms with Crippen LogP contribution in [0.1, 0.15) is 31.2 Å². The van der Waals surface area contributed by atoms with Gasteiger partial charge in [-0.05, 0) is 37.0 Å². The maximum absolute atomic E-state index is 12.2. The summed E-state index contributed by atoms with van der Waals surface area (Å²) in [5, 5.41) is 19.9. The number of non-ortho nitro benzene ring substituents is 1. The molecule has 1 aromatic carbocycles. The second kappa shape index (κ2) is 8.11. The van der Waals surface area contributed by atoms with Gasteiger partial charge in [-0.2, -0.15) is 5.26 Å². The summed E-state index contributed by atoms with van der Waals surface area (Å²) in [5.74, 6) is -0.546. The van der Waals surface area contributed by atoms with E-state index in [1.165, 1.54) is 19.2 Å². The van der Waals surface area contributed by atoms with Crippen molar-refractivity contribution in [1.29, 1.82) is 5.26 Å². The summed E-state index contributed by atoms with van der Waals surface area (Å²) in [6.07, 6.45) is 3.04. The predicted molar refractivity (Wildman–Crippen MR) is 87.7 cm³/mol. The smallest absolute Gasteiger partial charge is 0.336 e. The molecule has 0 unspecified atom stereocenters. The monoisotopic (exact) mass is 329 g/mol. The van der Waals surface area contributed by atoms with E-state index in [4.69, 9.17) is 10.00 Å². The Morgan fingerprint density at radius 3 is 2.42 bits per heavy atom. The molecule has 0 radical (unpaired) electrons. The van der Waals surface area contributed by atoms with Crippen molar-refractivity contribution in [3.8, 4) is 6.07 Å². The first kappa shape index (κ1) is 17.5. The fourth-order valence-corrected chi connectivity index (χ4v) is 2.86. The van der Waals surface area contributed by atoms with Crippen LogP contribution in [-0.4, -0.2) is 36.0 Å². The van der Waals surface area contributed by atoms with Gasteiger partial charge >= 0.3 is 5.97 Å². The molecule has 126 valence electrons. The zero-order valence-corrected chi connectivity index (χ0v) is 13.5. The average molecular weight is 329 g/mol. The van der Waals surface area contributed by atoms with Crippen molar-refractivity contribution in [2.45, 2.75) is 25.7 Å². The summed E-state index contributed by atoms with van der Waals surface area (Å²) in [4.78, 5) is 24.6. The van der Waals surface area contributed by atoms with Crippen molar-refractivity contribution in [1.82, 2.24) is 4.90 Å². The van der Waals surface area contributed by atoms with Crippen LogP contribution in [-0.2, 0) is 9.53 Å². The first-order valence-corrected chi connectivity index (χ1v) is 7.76. The number of ether oxygens (including phenoxy) is 1. The maximum atomic E-state index is 12.2. The zero-order valence-electron chi connectivity index (χ0n) is 13.5. The van der Waals surface area contributed by atoms with E-state index in [0.29, 0.717) is 11.3 Å². The van der Waals surface area contributed by atoms with Gasteiger partial charge in [0.2, 0.25) is 0 Å². The van der Waals surface area contributed by atoms with E-state index in [0.717, 1.165) is 32.4 Å². The first-order valence-electron chi connectivity index (χ1n) is 7.76. The third-order valence-corrected chi connectivity index (χ3v) is 4.00. The third-order valence-electron chi connectivity index (χ3n) is 4.00. The molecule has 0 spiro atoms. The molecule has 0 saturated carbocycles. The molecular formula is C17H19N3O4. The number of carbonyl (C=O) groups excluding carboxylic acids is 1. The number of nitro groups is 1. The number of nitrogens with zero attached hydrogens (tertiary/aromatic N) is 3. The van der Waals surface area contributed by atoms with Crippen LogP contribution in [0.4, 0.5) is 5.69 Å². The SMILES string of the molecule is COC(=O)/C(CC#N)=C(/c1ccc([N+](=O)[O-])cc1)N1CCCCC1. The lowest BCUT2D eigenvalue weighted by molar-refractivity contribution is -0.384. The van der Waals surface area contributed by atoms with Crippen LogP contribution in [0.5, 0.6) is 0 Å². The summed E-state index contributed by atoms with van der Waals surface area (Å²) in [5.41, 5.74) is 1.59. The number of carbonyl (C=O) groups is 1. The lowest BCUT2D eigenvalue weighted by Gasteiger charge is -2.32. The topological polar surface area (TPSA) is 96.5 Å². The molecule has 7 nitrogen and oxygen atoms in total. The normalized spacial score (nSPS) is 15.2. The maximum Gasteiger partial charge on any atom is 0.336 e. The predicted octanol–water partition coefficient (Wildman–Crippen LogP) is 2.88. The quantitative estimate of drug-likeness (QED) is 0.357. The van der Waals surface area contributed by atoms with Crippen LogP contribution < -0.4 is 0 Å². The average Bonchev–Trinajstić information content (AvgIpc) is 2.62. The van der Waals surface area contributed by atoms with E-state index in [1.807, 2.05) is 6.07 Å². The molecule has 0 bridgehead atoms. The molecule has 1 heterocycles. The fraction of sp³-hybridized carbons (Fsp3) is 0.412. The highest BCUT2D eigenvalue weighted by molar-refractivity contribution is 5.97. The Labute approximate surface area is 140 Å². The van der Waals surface area contributed by atoms with Gasteiger partial charge in [-0.15, -0.1) is 0 Å². The highest BCUT2D eigenvalue weighted by Crippen LogP contribution is 2.29. The van der Waals surface area contributed by atoms with Gasteiger partial charge in [0.05, 0.1) is 35.8 Å². The van der Waals surface area contributed by atoms with Gasteiger partial charge in [-0.1, -0.05) is 0 Å². The number of piperidine rings is 1. The van der Waals surface area contributed by atoms with Gasteiger partial charge in [-0.25, -0.2) is 4.79 Å². The van der Waals surface area contributed by atoms with Crippen LogP contribution >= 0.6 is 0 Å². The van der Waals surface area contributed by atoms with Crippen molar-refractivity contribution in [3.05, 3.63) is 45.5 Å². The summed E-state index contributed by atoms with van der Waals surface area (Å²) in [6, 6.07) is 8.04. The molecule has 1 aliphatic rings. The number of likely N-dealkylation sites (tertiary alicyclic amines) is 1. The van der Waals surface area contributed by atoms with Crippen molar-refractivity contribution in [2.24, 2.45) is 0 Å². The number of benzene rings is 1. The molecule has 0 N–H and O–H groups in total. The van der Waals surface area contributed by atoms with Crippen molar-refractivity contribution in [2.75, 3.05) is 20.2 Å². The number of nitro benzene ring substituents is 1. The van der Waals surface area contributed by atoms with Crippen LogP contribution in [0.15, 0.2) is 29.8 Å². The molecule has 0 amide bonds. The molecule has 24 heavy (non-hydrogen) atoms. The van der Waals surface area contributed by atoms with E-state index in [2.05, 4.69) is 4.90 Å². The molecule has 0 atom stereocenters. The van der Waals surface area contributed by atoms with Crippen LogP contribution in [0.3, 0.4) is 0 Å². The van der Waals surface area contributed by atoms with Gasteiger partial charge < -0.3 is 9.64 Å². The molecule has 0 aliphatic carbocycles. The van der Waals surface area contributed by atoms with E-state index in [9.17, 15) is 14.9 Å². The van der Waals surface area contributed by atoms with Gasteiger partial charge in [0.15, 0.2) is 0 Å². The second-order valence-corrected chi connectivity index (χ2v) is 5.51. The standard InChI is InChI=1S/C17H19N3O4/c1-24-17(21)15(9-10-18)16(19-11-3-2-4-12-19)13-5-7-14(8-6-13)20(22)23/h5-8H,2-4,9,11-12H2,1H3/b16-15-. The molecule has 1 fully saturated rings. The van der Waals surface area contributed by atoms with E-state index in [1.54, 1.807) is 12.1 Å². The van der Waals surface area contributed by atoms with Crippen molar-refractivity contribution in [3.63, 3.8) is 0 Å². The Bertz CT molecular complexity index is 683. The number of nitriles is 1. The van der Waals surface area contributed by atoms with Crippen molar-refractivity contribution >= 4 is 17.4 Å². The molecule has 1 aromatic rings. The van der Waals surface area contributed by atoms with Crippen LogP contribution in [0.25, 0.3) is 5.70 Å². The fourth-order valence-electron chi connectivity index (χ4n) is 2.86. The summed E-state index contributed by atoms with van der Waals surface area (Å²) < 4.78 is 4.84. The van der Waals surface area contributed by atoms with Gasteiger partial charge in [0.25, 0.3) is 5.69 Å². The third kappa shape index (κ3) is 3.90. The van der Waals surface area contributed by atoms with E-state index < -0.39 is 10.9 Å².